The van der Waals surface area contributed by atoms with Crippen LogP contribution in [0, 0.1) is 11.8 Å². The summed E-state index contributed by atoms with van der Waals surface area (Å²) in [7, 11) is 0. The van der Waals surface area contributed by atoms with Gasteiger partial charge in [-0.05, 0) is 66.8 Å². The van der Waals surface area contributed by atoms with Gasteiger partial charge in [0.25, 0.3) is 5.91 Å². The van der Waals surface area contributed by atoms with Gasteiger partial charge in [0.1, 0.15) is 0 Å². The van der Waals surface area contributed by atoms with Gasteiger partial charge >= 0.3 is 0 Å². The van der Waals surface area contributed by atoms with Crippen molar-refractivity contribution in [1.82, 2.24) is 14.8 Å². The zero-order valence-corrected chi connectivity index (χ0v) is 18.9. The molecule has 1 aliphatic heterocycles. The molecular formula is C26H28ClN3O2. The quantitative estimate of drug-likeness (QED) is 0.583. The van der Waals surface area contributed by atoms with Crippen molar-refractivity contribution in [2.45, 2.75) is 38.8 Å². The molecule has 2 aliphatic rings. The zero-order chi connectivity index (χ0) is 22.1. The third kappa shape index (κ3) is 4.26. The Hall–Kier alpha value is -2.79. The lowest BCUT2D eigenvalue weighted by atomic mass is 9.81. The number of aromatic nitrogens is 1. The lowest BCUT2D eigenvalue weighted by Gasteiger charge is -2.30. The van der Waals surface area contributed by atoms with Crippen LogP contribution in [0.25, 0.3) is 10.9 Å². The van der Waals surface area contributed by atoms with E-state index in [4.69, 9.17) is 11.6 Å². The Kier molecular flexibility index (Phi) is 5.92. The Morgan fingerprint density at radius 3 is 2.69 bits per heavy atom. The van der Waals surface area contributed by atoms with E-state index in [-0.39, 0.29) is 17.7 Å². The monoisotopic (exact) mass is 449 g/mol. The number of halogens is 1. The number of carbonyl (C=O) groups excluding carboxylic acids is 2. The molecule has 0 atom stereocenters. The Labute approximate surface area is 193 Å². The Bertz CT molecular complexity index is 1150. The molecule has 166 valence electrons. The average molecular weight is 450 g/mol. The number of carbonyl (C=O) groups is 2. The van der Waals surface area contributed by atoms with Gasteiger partial charge in [-0.2, -0.15) is 0 Å². The van der Waals surface area contributed by atoms with Crippen LogP contribution in [0.4, 0.5) is 0 Å². The smallest absolute Gasteiger partial charge is 0.254 e. The van der Waals surface area contributed by atoms with Crippen LogP contribution in [0.5, 0.6) is 0 Å². The highest BCUT2D eigenvalue weighted by molar-refractivity contribution is 6.31. The summed E-state index contributed by atoms with van der Waals surface area (Å²) in [6.07, 6.45) is 5.83. The minimum absolute atomic E-state index is 0.0774. The largest absolute Gasteiger partial charge is 0.354 e. The summed E-state index contributed by atoms with van der Waals surface area (Å²) in [5.41, 5.74) is 3.06. The van der Waals surface area contributed by atoms with E-state index in [0.29, 0.717) is 19.0 Å². The fourth-order valence-corrected chi connectivity index (χ4v) is 5.34. The van der Waals surface area contributed by atoms with Crippen molar-refractivity contribution < 1.29 is 9.59 Å². The summed E-state index contributed by atoms with van der Waals surface area (Å²) in [5, 5.41) is 4.99. The predicted octanol–water partition coefficient (Wildman–Crippen LogP) is 4.87. The molecule has 1 aliphatic carbocycles. The highest BCUT2D eigenvalue weighted by Gasteiger charge is 2.31. The number of hydrogen-bond donors (Lipinski definition) is 1. The van der Waals surface area contributed by atoms with Crippen molar-refractivity contribution in [3.05, 3.63) is 70.9 Å². The van der Waals surface area contributed by atoms with Gasteiger partial charge in [-0.25, -0.2) is 0 Å². The van der Waals surface area contributed by atoms with E-state index in [1.165, 1.54) is 0 Å². The van der Waals surface area contributed by atoms with Crippen molar-refractivity contribution in [3.63, 3.8) is 0 Å². The van der Waals surface area contributed by atoms with Crippen LogP contribution in [-0.2, 0) is 17.9 Å². The first kappa shape index (κ1) is 21.1. The summed E-state index contributed by atoms with van der Waals surface area (Å²) in [5.74, 6) is 0.865. The van der Waals surface area contributed by atoms with Gasteiger partial charge in [-0.15, -0.1) is 0 Å². The number of rotatable bonds is 6. The van der Waals surface area contributed by atoms with Crippen molar-refractivity contribution in [2.24, 2.45) is 11.8 Å². The summed E-state index contributed by atoms with van der Waals surface area (Å²) in [4.78, 5) is 27.3. The molecule has 2 aromatic carbocycles. The highest BCUT2D eigenvalue weighted by atomic mass is 35.5. The summed E-state index contributed by atoms with van der Waals surface area (Å²) < 4.78 is 2.13. The van der Waals surface area contributed by atoms with Gasteiger partial charge in [-0.1, -0.05) is 35.9 Å². The summed E-state index contributed by atoms with van der Waals surface area (Å²) >= 11 is 6.13. The number of benzene rings is 2. The minimum Gasteiger partial charge on any atom is -0.354 e. The van der Waals surface area contributed by atoms with Gasteiger partial charge in [-0.3, -0.25) is 9.59 Å². The molecule has 2 heterocycles. The highest BCUT2D eigenvalue weighted by Crippen LogP contribution is 2.32. The normalized spacial score (nSPS) is 20.5. The third-order valence-corrected chi connectivity index (χ3v) is 7.22. The van der Waals surface area contributed by atoms with Crippen LogP contribution >= 0.6 is 11.6 Å². The van der Waals surface area contributed by atoms with E-state index in [0.717, 1.165) is 65.8 Å². The summed E-state index contributed by atoms with van der Waals surface area (Å²) in [6, 6.07) is 15.8. The maximum atomic E-state index is 12.7. The summed E-state index contributed by atoms with van der Waals surface area (Å²) in [6.45, 7) is 2.85. The van der Waals surface area contributed by atoms with Crippen LogP contribution < -0.4 is 5.32 Å². The first-order chi connectivity index (χ1) is 15.6. The van der Waals surface area contributed by atoms with Gasteiger partial charge < -0.3 is 14.8 Å². The van der Waals surface area contributed by atoms with Crippen molar-refractivity contribution in [1.29, 1.82) is 0 Å². The van der Waals surface area contributed by atoms with Gasteiger partial charge in [0.05, 0.1) is 0 Å². The maximum absolute atomic E-state index is 12.7. The minimum atomic E-state index is 0.0774. The van der Waals surface area contributed by atoms with Gasteiger partial charge in [0, 0.05) is 54.4 Å². The third-order valence-electron chi connectivity index (χ3n) is 6.98. The van der Waals surface area contributed by atoms with Gasteiger partial charge in [0.15, 0.2) is 0 Å². The second-order valence-electron chi connectivity index (χ2n) is 9.06. The molecule has 5 nitrogen and oxygen atoms in total. The van der Waals surface area contributed by atoms with Crippen LogP contribution in [0.15, 0.2) is 54.7 Å². The van der Waals surface area contributed by atoms with Crippen molar-refractivity contribution in [3.8, 4) is 0 Å². The van der Waals surface area contributed by atoms with Crippen molar-refractivity contribution in [2.75, 3.05) is 13.1 Å². The molecule has 0 saturated heterocycles. The standard InChI is InChI=1S/C26H28ClN3O2/c27-22-10-9-19-11-13-29(24(19)15-22)14-12-28-25(31)20-7-5-18(6-8-20)16-30-17-21-3-1-2-4-23(21)26(30)32/h1-4,9-11,13,15,18,20H,5-8,12,14,16-17H2,(H,28,31). The van der Waals surface area contributed by atoms with Crippen LogP contribution in [-0.4, -0.2) is 34.4 Å². The molecule has 5 rings (SSSR count). The molecule has 1 fully saturated rings. The number of nitrogens with one attached hydrogen (secondary N) is 1. The molecule has 6 heteroatoms. The Balaban J connectivity index is 1.07. The molecule has 3 aromatic rings. The van der Waals surface area contributed by atoms with E-state index < -0.39 is 0 Å². The van der Waals surface area contributed by atoms with Crippen molar-refractivity contribution >= 4 is 34.3 Å². The molecule has 32 heavy (non-hydrogen) atoms. The van der Waals surface area contributed by atoms with E-state index in [9.17, 15) is 9.59 Å². The first-order valence-electron chi connectivity index (χ1n) is 11.5. The number of fused-ring (bicyclic) bond motifs is 2. The fourth-order valence-electron chi connectivity index (χ4n) is 5.18. The lowest BCUT2D eigenvalue weighted by Crippen LogP contribution is -2.37. The topological polar surface area (TPSA) is 54.3 Å². The van der Waals surface area contributed by atoms with Gasteiger partial charge in [0.2, 0.25) is 5.91 Å². The molecule has 0 spiro atoms. The molecule has 1 saturated carbocycles. The van der Waals surface area contributed by atoms with Crippen LogP contribution in [0.2, 0.25) is 5.02 Å². The van der Waals surface area contributed by atoms with E-state index >= 15 is 0 Å². The Morgan fingerprint density at radius 1 is 1.06 bits per heavy atom. The SMILES string of the molecule is O=C(NCCn1ccc2ccc(Cl)cc21)C1CCC(CN2Cc3ccccc3C2=O)CC1. The molecule has 1 aromatic heterocycles. The average Bonchev–Trinajstić information content (AvgIpc) is 3.35. The zero-order valence-electron chi connectivity index (χ0n) is 18.1. The second kappa shape index (κ2) is 8.99. The van der Waals surface area contributed by atoms with Crippen LogP contribution in [0.3, 0.4) is 0 Å². The molecule has 1 N–H and O–H groups in total. The second-order valence-corrected chi connectivity index (χ2v) is 9.50. The predicted molar refractivity (Wildman–Crippen MR) is 127 cm³/mol. The van der Waals surface area contributed by atoms with E-state index in [1.54, 1.807) is 0 Å². The molecular weight excluding hydrogens is 422 g/mol. The lowest BCUT2D eigenvalue weighted by molar-refractivity contribution is -0.126. The van der Waals surface area contributed by atoms with E-state index in [2.05, 4.69) is 16.0 Å². The molecule has 0 unspecified atom stereocenters. The fraction of sp³-hybridized carbons (Fsp3) is 0.385. The van der Waals surface area contributed by atoms with E-state index in [1.807, 2.05) is 53.6 Å². The molecule has 2 amide bonds. The molecule has 0 radical (unpaired) electrons. The number of nitrogens with zero attached hydrogens (tertiary/aromatic N) is 2. The molecule has 0 bridgehead atoms. The first-order valence-corrected chi connectivity index (χ1v) is 11.9. The number of amides is 2. The van der Waals surface area contributed by atoms with Crippen LogP contribution in [0.1, 0.15) is 41.6 Å². The number of hydrogen-bond acceptors (Lipinski definition) is 2. The Morgan fingerprint density at radius 2 is 1.88 bits per heavy atom. The maximum Gasteiger partial charge on any atom is 0.254 e.